The van der Waals surface area contributed by atoms with E-state index in [1.165, 1.54) is 4.90 Å². The van der Waals surface area contributed by atoms with Crippen molar-refractivity contribution < 1.29 is 29.3 Å². The van der Waals surface area contributed by atoms with Crippen LogP contribution in [0.3, 0.4) is 0 Å². The maximum absolute atomic E-state index is 11.9. The topological polar surface area (TPSA) is 96.3 Å². The van der Waals surface area contributed by atoms with E-state index in [0.717, 1.165) is 11.1 Å². The van der Waals surface area contributed by atoms with E-state index in [1.807, 2.05) is 13.8 Å². The minimum Gasteiger partial charge on any atom is -0.496 e. The predicted molar refractivity (Wildman–Crippen MR) is 106 cm³/mol. The molecular formula is C21H25NO6. The number of ether oxygens (including phenoxy) is 2. The fourth-order valence-corrected chi connectivity index (χ4v) is 3.24. The molecule has 0 fully saturated rings. The Labute approximate surface area is 164 Å². The summed E-state index contributed by atoms with van der Waals surface area (Å²) in [6.07, 6.45) is 0. The number of aliphatic carboxylic acids is 2. The van der Waals surface area contributed by atoms with Gasteiger partial charge in [0.1, 0.15) is 11.5 Å². The smallest absolute Gasteiger partial charge is 0.338 e. The van der Waals surface area contributed by atoms with Gasteiger partial charge in [-0.25, -0.2) is 9.59 Å². The van der Waals surface area contributed by atoms with Crippen molar-refractivity contribution in [2.45, 2.75) is 33.7 Å². The Hall–Kier alpha value is -3.22. The fraction of sp³-hybridized carbons (Fsp3) is 0.333. The molecule has 0 spiro atoms. The zero-order chi connectivity index (χ0) is 21.2. The summed E-state index contributed by atoms with van der Waals surface area (Å²) >= 11 is 0. The molecule has 2 aromatic carbocycles. The number of aryl methyl sites for hydroxylation is 4. The molecule has 0 aliphatic carbocycles. The minimum absolute atomic E-state index is 0.487. The highest BCUT2D eigenvalue weighted by atomic mass is 16.5. The lowest BCUT2D eigenvalue weighted by Gasteiger charge is -2.32. The monoisotopic (exact) mass is 387 g/mol. The number of nitrogens with zero attached hydrogens (tertiary/aromatic N) is 1. The maximum Gasteiger partial charge on any atom is 0.338 e. The van der Waals surface area contributed by atoms with Gasteiger partial charge in [0, 0.05) is 11.4 Å². The quantitative estimate of drug-likeness (QED) is 0.701. The minimum atomic E-state index is -1.79. The molecule has 0 aromatic heterocycles. The van der Waals surface area contributed by atoms with Gasteiger partial charge >= 0.3 is 11.9 Å². The van der Waals surface area contributed by atoms with Crippen LogP contribution in [0.5, 0.6) is 11.5 Å². The van der Waals surface area contributed by atoms with Gasteiger partial charge < -0.3 is 24.6 Å². The largest absolute Gasteiger partial charge is 0.496 e. The molecule has 0 atom stereocenters. The van der Waals surface area contributed by atoms with Gasteiger partial charge in [-0.2, -0.15) is 0 Å². The first-order chi connectivity index (χ1) is 13.1. The van der Waals surface area contributed by atoms with Gasteiger partial charge in [-0.3, -0.25) is 0 Å². The molecule has 0 radical (unpaired) electrons. The van der Waals surface area contributed by atoms with Crippen LogP contribution in [0.2, 0.25) is 0 Å². The van der Waals surface area contributed by atoms with Gasteiger partial charge in [-0.1, -0.05) is 0 Å². The van der Waals surface area contributed by atoms with Crippen molar-refractivity contribution in [3.63, 3.8) is 0 Å². The molecule has 2 rings (SSSR count). The van der Waals surface area contributed by atoms with E-state index in [0.29, 0.717) is 34.0 Å². The second-order valence-corrected chi connectivity index (χ2v) is 6.67. The molecule has 7 nitrogen and oxygen atoms in total. The van der Waals surface area contributed by atoms with Gasteiger partial charge in [-0.05, 0) is 74.2 Å². The average molecular weight is 387 g/mol. The van der Waals surface area contributed by atoms with Crippen LogP contribution in [0, 0.1) is 27.7 Å². The molecule has 0 amide bonds. The summed E-state index contributed by atoms with van der Waals surface area (Å²) in [5.74, 6) is -1.61. The summed E-state index contributed by atoms with van der Waals surface area (Å²) in [6.45, 7) is 7.22. The first kappa shape index (κ1) is 21.1. The van der Waals surface area contributed by atoms with Crippen LogP contribution in [0.4, 0.5) is 11.4 Å². The first-order valence-corrected chi connectivity index (χ1v) is 8.67. The Morgan fingerprint density at radius 1 is 0.750 bits per heavy atom. The molecule has 0 heterocycles. The van der Waals surface area contributed by atoms with E-state index in [9.17, 15) is 19.8 Å². The summed E-state index contributed by atoms with van der Waals surface area (Å²) in [5, 5.41) is 19.4. The highest BCUT2D eigenvalue weighted by Crippen LogP contribution is 2.38. The Morgan fingerprint density at radius 2 is 1.11 bits per heavy atom. The highest BCUT2D eigenvalue weighted by molar-refractivity contribution is 6.03. The van der Waals surface area contributed by atoms with E-state index in [2.05, 4.69) is 0 Å². The third kappa shape index (κ3) is 3.88. The van der Waals surface area contributed by atoms with Gasteiger partial charge in [0.25, 0.3) is 0 Å². The zero-order valence-corrected chi connectivity index (χ0v) is 16.9. The molecule has 0 saturated carbocycles. The number of rotatable bonds is 7. The number of hydrogen-bond acceptors (Lipinski definition) is 5. The van der Waals surface area contributed by atoms with Crippen molar-refractivity contribution >= 4 is 23.3 Å². The Bertz CT molecular complexity index is 848. The van der Waals surface area contributed by atoms with Crippen LogP contribution in [0.25, 0.3) is 0 Å². The highest BCUT2D eigenvalue weighted by Gasteiger charge is 2.36. The summed E-state index contributed by atoms with van der Waals surface area (Å²) in [5.41, 5.74) is 3.91. The SMILES string of the molecule is COc1cc(C)c(N(c2cc(C)c(OC)cc2C)C(C(=O)O)C(=O)O)cc1C. The first-order valence-electron chi connectivity index (χ1n) is 8.67. The second kappa shape index (κ2) is 8.21. The number of carboxylic acids is 2. The third-order valence-electron chi connectivity index (χ3n) is 4.67. The van der Waals surface area contributed by atoms with Crippen molar-refractivity contribution in [3.05, 3.63) is 46.5 Å². The van der Waals surface area contributed by atoms with Crippen LogP contribution in [-0.2, 0) is 9.59 Å². The van der Waals surface area contributed by atoms with E-state index >= 15 is 0 Å². The molecule has 28 heavy (non-hydrogen) atoms. The zero-order valence-electron chi connectivity index (χ0n) is 16.9. The summed E-state index contributed by atoms with van der Waals surface area (Å²) in [7, 11) is 3.10. The fourth-order valence-electron chi connectivity index (χ4n) is 3.24. The van der Waals surface area contributed by atoms with Crippen LogP contribution in [0.1, 0.15) is 22.3 Å². The third-order valence-corrected chi connectivity index (χ3v) is 4.67. The number of hydrogen-bond donors (Lipinski definition) is 2. The molecule has 0 bridgehead atoms. The standard InChI is InChI=1S/C21H25NO6/c1-11-9-17(27-5)13(3)7-15(11)22(19(20(23)24)21(25)26)16-8-14(4)18(28-6)10-12(16)2/h7-10,19H,1-6H3,(H,23,24)(H,25,26). The van der Waals surface area contributed by atoms with Crippen molar-refractivity contribution in [2.24, 2.45) is 0 Å². The normalized spacial score (nSPS) is 10.7. The molecule has 0 saturated heterocycles. The van der Waals surface area contributed by atoms with Gasteiger partial charge in [0.15, 0.2) is 0 Å². The summed E-state index contributed by atoms with van der Waals surface area (Å²) in [6, 6.07) is 5.23. The molecular weight excluding hydrogens is 362 g/mol. The number of carboxylic acid groups (broad SMARTS) is 2. The van der Waals surface area contributed by atoms with E-state index in [1.54, 1.807) is 52.3 Å². The lowest BCUT2D eigenvalue weighted by Crippen LogP contribution is -2.45. The summed E-state index contributed by atoms with van der Waals surface area (Å²) < 4.78 is 10.7. The van der Waals surface area contributed by atoms with Crippen molar-refractivity contribution in [2.75, 3.05) is 19.1 Å². The van der Waals surface area contributed by atoms with Crippen LogP contribution in [-0.4, -0.2) is 42.4 Å². The molecule has 0 aliphatic heterocycles. The lowest BCUT2D eigenvalue weighted by atomic mass is 10.0. The van der Waals surface area contributed by atoms with Crippen molar-refractivity contribution in [1.29, 1.82) is 0 Å². The Morgan fingerprint density at radius 3 is 1.39 bits per heavy atom. The second-order valence-electron chi connectivity index (χ2n) is 6.67. The van der Waals surface area contributed by atoms with Crippen LogP contribution < -0.4 is 14.4 Å². The van der Waals surface area contributed by atoms with Crippen molar-refractivity contribution in [1.82, 2.24) is 0 Å². The number of methoxy groups -OCH3 is 2. The molecule has 2 aromatic rings. The molecule has 150 valence electrons. The average Bonchev–Trinajstić information content (AvgIpc) is 2.62. The van der Waals surface area contributed by atoms with E-state index < -0.39 is 18.0 Å². The molecule has 0 aliphatic rings. The lowest BCUT2D eigenvalue weighted by molar-refractivity contribution is -0.149. The van der Waals surface area contributed by atoms with Crippen LogP contribution >= 0.6 is 0 Å². The van der Waals surface area contributed by atoms with E-state index in [4.69, 9.17) is 9.47 Å². The molecule has 0 unspecified atom stereocenters. The number of benzene rings is 2. The predicted octanol–water partition coefficient (Wildman–Crippen LogP) is 3.61. The van der Waals surface area contributed by atoms with Crippen LogP contribution in [0.15, 0.2) is 24.3 Å². The number of anilines is 2. The maximum atomic E-state index is 11.9. The van der Waals surface area contributed by atoms with Gasteiger partial charge in [-0.15, -0.1) is 0 Å². The molecule has 2 N–H and O–H groups in total. The van der Waals surface area contributed by atoms with E-state index in [-0.39, 0.29) is 0 Å². The molecule has 7 heteroatoms. The Kier molecular flexibility index (Phi) is 6.18. The van der Waals surface area contributed by atoms with Gasteiger partial charge in [0.2, 0.25) is 6.04 Å². The Balaban J connectivity index is 2.83. The van der Waals surface area contributed by atoms with Gasteiger partial charge in [0.05, 0.1) is 14.2 Å². The summed E-state index contributed by atoms with van der Waals surface area (Å²) in [4.78, 5) is 25.1. The number of carbonyl (C=O) groups is 2. The van der Waals surface area contributed by atoms with Crippen molar-refractivity contribution in [3.8, 4) is 11.5 Å².